The van der Waals surface area contributed by atoms with Crippen LogP contribution in [0.15, 0.2) is 55.0 Å². The number of benzene rings is 1. The molecule has 3 aromatic rings. The maximum atomic E-state index is 12.7. The van der Waals surface area contributed by atoms with Crippen LogP contribution in [0.25, 0.3) is 11.1 Å². The highest BCUT2D eigenvalue weighted by Crippen LogP contribution is 2.38. The highest BCUT2D eigenvalue weighted by Gasteiger charge is 2.27. The van der Waals surface area contributed by atoms with E-state index in [1.165, 1.54) is 5.69 Å². The first-order valence-electron chi connectivity index (χ1n) is 11.7. The Morgan fingerprint density at radius 2 is 1.91 bits per heavy atom. The number of nitrogens with zero attached hydrogens (tertiary/aromatic N) is 2. The predicted molar refractivity (Wildman–Crippen MR) is 127 cm³/mol. The minimum absolute atomic E-state index is 0.0593. The van der Waals surface area contributed by atoms with Crippen molar-refractivity contribution in [3.8, 4) is 22.6 Å². The van der Waals surface area contributed by atoms with Crippen LogP contribution in [0.2, 0.25) is 0 Å². The van der Waals surface area contributed by atoms with E-state index in [0.717, 1.165) is 36.8 Å². The number of aromatic nitrogens is 3. The molecule has 33 heavy (non-hydrogen) atoms. The molecule has 1 fully saturated rings. The molecule has 1 aliphatic rings. The molecule has 1 saturated carbocycles. The number of H-pyrrole nitrogens is 1. The van der Waals surface area contributed by atoms with Gasteiger partial charge in [-0.15, -0.1) is 0 Å². The highest BCUT2D eigenvalue weighted by atomic mass is 16.5. The normalized spacial score (nSPS) is 19.0. The fraction of sp³-hybridized carbons (Fsp3) is 0.423. The van der Waals surface area contributed by atoms with Gasteiger partial charge >= 0.3 is 0 Å². The van der Waals surface area contributed by atoms with E-state index in [9.17, 15) is 4.79 Å². The number of hydrogen-bond acceptors (Lipinski definition) is 5. The third-order valence-electron chi connectivity index (χ3n) is 6.46. The predicted octanol–water partition coefficient (Wildman–Crippen LogP) is 4.73. The first-order chi connectivity index (χ1) is 16.2. The summed E-state index contributed by atoms with van der Waals surface area (Å²) in [7, 11) is 1.62. The van der Waals surface area contributed by atoms with E-state index in [1.807, 2.05) is 55.8 Å². The second-order valence-electron chi connectivity index (χ2n) is 8.59. The van der Waals surface area contributed by atoms with Crippen LogP contribution in [-0.2, 0) is 4.79 Å². The summed E-state index contributed by atoms with van der Waals surface area (Å²) in [6.45, 7) is 2.64. The van der Waals surface area contributed by atoms with Gasteiger partial charge in [0.1, 0.15) is 11.5 Å². The summed E-state index contributed by atoms with van der Waals surface area (Å²) < 4.78 is 11.2. The molecular weight excluding hydrogens is 416 g/mol. The molecule has 1 unspecified atom stereocenters. The van der Waals surface area contributed by atoms with Crippen molar-refractivity contribution in [3.05, 3.63) is 60.7 Å². The Morgan fingerprint density at radius 3 is 2.64 bits per heavy atom. The van der Waals surface area contributed by atoms with Crippen LogP contribution in [0.1, 0.15) is 50.6 Å². The Labute approximate surface area is 194 Å². The van der Waals surface area contributed by atoms with Crippen molar-refractivity contribution in [3.63, 3.8) is 0 Å². The number of amides is 1. The van der Waals surface area contributed by atoms with E-state index >= 15 is 0 Å². The van der Waals surface area contributed by atoms with Crippen LogP contribution < -0.4 is 14.8 Å². The van der Waals surface area contributed by atoms with Gasteiger partial charge in [-0.05, 0) is 67.9 Å². The van der Waals surface area contributed by atoms with Gasteiger partial charge in [0, 0.05) is 42.2 Å². The van der Waals surface area contributed by atoms with E-state index in [-0.39, 0.29) is 5.91 Å². The number of rotatable bonds is 9. The van der Waals surface area contributed by atoms with Crippen LogP contribution in [0.3, 0.4) is 0 Å². The first kappa shape index (κ1) is 22.8. The first-order valence-corrected chi connectivity index (χ1v) is 11.7. The SMILES string of the molecule is CCC(Oc1cccc(OC)c1)C(=O)NCC1CCC(c2[nH]ncc2-c2ccncc2)CC1. The van der Waals surface area contributed by atoms with Crippen LogP contribution in [-0.4, -0.2) is 40.8 Å². The molecule has 0 radical (unpaired) electrons. The van der Waals surface area contributed by atoms with Crippen molar-refractivity contribution in [1.82, 2.24) is 20.5 Å². The summed E-state index contributed by atoms with van der Waals surface area (Å²) in [6, 6.07) is 11.4. The lowest BCUT2D eigenvalue weighted by Crippen LogP contribution is -2.40. The number of hydrogen-bond donors (Lipinski definition) is 2. The molecule has 0 bridgehead atoms. The number of pyridine rings is 1. The lowest BCUT2D eigenvalue weighted by molar-refractivity contribution is -0.128. The van der Waals surface area contributed by atoms with Gasteiger partial charge in [0.25, 0.3) is 5.91 Å². The average molecular weight is 449 g/mol. The number of aromatic amines is 1. The Bertz CT molecular complexity index is 1030. The summed E-state index contributed by atoms with van der Waals surface area (Å²) in [5.41, 5.74) is 3.51. The van der Waals surface area contributed by atoms with Crippen LogP contribution in [0, 0.1) is 5.92 Å². The molecule has 0 spiro atoms. The van der Waals surface area contributed by atoms with Gasteiger partial charge in [-0.3, -0.25) is 14.9 Å². The van der Waals surface area contributed by atoms with Crippen molar-refractivity contribution in [2.75, 3.05) is 13.7 Å². The maximum absolute atomic E-state index is 12.7. The third kappa shape index (κ3) is 5.72. The Kier molecular flexibility index (Phi) is 7.60. The van der Waals surface area contributed by atoms with Crippen molar-refractivity contribution in [2.45, 2.75) is 51.0 Å². The monoisotopic (exact) mass is 448 g/mol. The Balaban J connectivity index is 1.27. The molecule has 2 N–H and O–H groups in total. The summed E-state index contributed by atoms with van der Waals surface area (Å²) >= 11 is 0. The standard InChI is InChI=1S/C26H32N4O3/c1-3-24(33-22-6-4-5-21(15-22)32-2)26(31)28-16-18-7-9-20(10-8-18)25-23(17-29-30-25)19-11-13-27-14-12-19/h4-6,11-15,17-18,20,24H,3,7-10,16H2,1-2H3,(H,28,31)(H,29,30). The lowest BCUT2D eigenvalue weighted by Gasteiger charge is -2.29. The second kappa shape index (κ2) is 11.0. The van der Waals surface area contributed by atoms with E-state index in [1.54, 1.807) is 13.2 Å². The number of ether oxygens (including phenoxy) is 2. The van der Waals surface area contributed by atoms with E-state index in [2.05, 4.69) is 20.5 Å². The van der Waals surface area contributed by atoms with Gasteiger partial charge in [0.2, 0.25) is 0 Å². The van der Waals surface area contributed by atoms with Crippen LogP contribution in [0.4, 0.5) is 0 Å². The molecule has 1 aliphatic carbocycles. The minimum Gasteiger partial charge on any atom is -0.497 e. The zero-order valence-corrected chi connectivity index (χ0v) is 19.3. The Morgan fingerprint density at radius 1 is 1.15 bits per heavy atom. The fourth-order valence-electron chi connectivity index (χ4n) is 4.54. The molecule has 4 rings (SSSR count). The van der Waals surface area contributed by atoms with E-state index in [0.29, 0.717) is 36.3 Å². The van der Waals surface area contributed by atoms with Crippen molar-refractivity contribution < 1.29 is 14.3 Å². The van der Waals surface area contributed by atoms with Crippen LogP contribution >= 0.6 is 0 Å². The summed E-state index contributed by atoms with van der Waals surface area (Å²) in [5, 5.41) is 10.6. The fourth-order valence-corrected chi connectivity index (χ4v) is 4.54. The summed E-state index contributed by atoms with van der Waals surface area (Å²) in [4.78, 5) is 16.9. The van der Waals surface area contributed by atoms with Gasteiger partial charge in [-0.2, -0.15) is 5.10 Å². The van der Waals surface area contributed by atoms with Crippen molar-refractivity contribution in [2.24, 2.45) is 5.92 Å². The second-order valence-corrected chi connectivity index (χ2v) is 8.59. The molecule has 7 heteroatoms. The molecule has 2 heterocycles. The largest absolute Gasteiger partial charge is 0.497 e. The van der Waals surface area contributed by atoms with E-state index < -0.39 is 6.10 Å². The summed E-state index contributed by atoms with van der Waals surface area (Å²) in [6.07, 6.45) is 9.94. The van der Waals surface area contributed by atoms with Gasteiger partial charge in [-0.1, -0.05) is 13.0 Å². The van der Waals surface area contributed by atoms with Crippen LogP contribution in [0.5, 0.6) is 11.5 Å². The minimum atomic E-state index is -0.513. The highest BCUT2D eigenvalue weighted by molar-refractivity contribution is 5.81. The smallest absolute Gasteiger partial charge is 0.261 e. The van der Waals surface area contributed by atoms with Gasteiger partial charge in [-0.25, -0.2) is 0 Å². The molecule has 1 aromatic carbocycles. The molecular formula is C26H32N4O3. The number of carbonyl (C=O) groups excluding carboxylic acids is 1. The van der Waals surface area contributed by atoms with Gasteiger partial charge in [0.05, 0.1) is 13.3 Å². The van der Waals surface area contributed by atoms with Crippen molar-refractivity contribution in [1.29, 1.82) is 0 Å². The topological polar surface area (TPSA) is 89.1 Å². The number of nitrogens with one attached hydrogen (secondary N) is 2. The zero-order valence-electron chi connectivity index (χ0n) is 19.3. The Hall–Kier alpha value is -3.35. The number of methoxy groups -OCH3 is 1. The molecule has 0 saturated heterocycles. The summed E-state index contributed by atoms with van der Waals surface area (Å²) in [5.74, 6) is 2.23. The van der Waals surface area contributed by atoms with Gasteiger partial charge < -0.3 is 14.8 Å². The van der Waals surface area contributed by atoms with Gasteiger partial charge in [0.15, 0.2) is 6.10 Å². The molecule has 1 amide bonds. The average Bonchev–Trinajstić information content (AvgIpc) is 3.37. The quantitative estimate of drug-likeness (QED) is 0.494. The molecule has 7 nitrogen and oxygen atoms in total. The van der Waals surface area contributed by atoms with Crippen molar-refractivity contribution >= 4 is 5.91 Å². The molecule has 174 valence electrons. The molecule has 1 atom stereocenters. The maximum Gasteiger partial charge on any atom is 0.261 e. The third-order valence-corrected chi connectivity index (χ3v) is 6.46. The zero-order chi connectivity index (χ0) is 23.0. The lowest BCUT2D eigenvalue weighted by atomic mass is 9.79. The molecule has 2 aromatic heterocycles. The van der Waals surface area contributed by atoms with E-state index in [4.69, 9.17) is 9.47 Å². The molecule has 0 aliphatic heterocycles. The number of carbonyl (C=O) groups is 1.